The third-order valence-corrected chi connectivity index (χ3v) is 7.23. The van der Waals surface area contributed by atoms with Crippen molar-refractivity contribution in [3.05, 3.63) is 86.9 Å². The van der Waals surface area contributed by atoms with E-state index < -0.39 is 16.8 Å². The number of nitrogens with zero attached hydrogens (tertiary/aromatic N) is 3. The lowest BCUT2D eigenvalue weighted by atomic mass is 9.83. The quantitative estimate of drug-likeness (QED) is 0.209. The average Bonchev–Trinajstić information content (AvgIpc) is 2.95. The Kier molecular flexibility index (Phi) is 9.08. The minimum absolute atomic E-state index is 0.0926. The first kappa shape index (κ1) is 28.0. The van der Waals surface area contributed by atoms with Gasteiger partial charge in [0, 0.05) is 44.0 Å². The summed E-state index contributed by atoms with van der Waals surface area (Å²) >= 11 is 0. The van der Waals surface area contributed by atoms with Crippen LogP contribution in [-0.4, -0.2) is 69.3 Å². The van der Waals surface area contributed by atoms with Crippen LogP contribution in [0.4, 0.5) is 5.69 Å². The van der Waals surface area contributed by atoms with Gasteiger partial charge in [-0.3, -0.25) is 15.0 Å². The van der Waals surface area contributed by atoms with E-state index in [9.17, 15) is 14.9 Å². The van der Waals surface area contributed by atoms with Crippen molar-refractivity contribution in [2.75, 3.05) is 58.5 Å². The molecule has 39 heavy (non-hydrogen) atoms. The number of allylic oxidation sites excluding steroid dienone is 3. The molecular formula is C29H36N4O6. The third kappa shape index (κ3) is 6.17. The summed E-state index contributed by atoms with van der Waals surface area (Å²) in [5, 5.41) is 15.0. The molecule has 0 aliphatic carbocycles. The first-order chi connectivity index (χ1) is 18.8. The van der Waals surface area contributed by atoms with Crippen LogP contribution in [-0.2, 0) is 9.53 Å². The van der Waals surface area contributed by atoms with Gasteiger partial charge in [-0.15, -0.1) is 0 Å². The highest BCUT2D eigenvalue weighted by atomic mass is 16.6. The summed E-state index contributed by atoms with van der Waals surface area (Å²) in [7, 11) is 2.97. The molecule has 2 aromatic rings. The number of dihydropyridines is 1. The van der Waals surface area contributed by atoms with Crippen LogP contribution in [0.25, 0.3) is 0 Å². The Bertz CT molecular complexity index is 1270. The van der Waals surface area contributed by atoms with Crippen molar-refractivity contribution < 1.29 is 23.9 Å². The van der Waals surface area contributed by atoms with Crippen molar-refractivity contribution in [1.29, 1.82) is 0 Å². The molecule has 0 spiro atoms. The number of methoxy groups -OCH3 is 2. The maximum absolute atomic E-state index is 12.7. The molecule has 0 radical (unpaired) electrons. The topological polar surface area (TPSA) is 106 Å². The molecule has 2 heterocycles. The van der Waals surface area contributed by atoms with Gasteiger partial charge < -0.3 is 24.4 Å². The smallest absolute Gasteiger partial charge is 0.336 e. The Morgan fingerprint density at radius 1 is 1.00 bits per heavy atom. The molecule has 1 N–H and O–H groups in total. The maximum Gasteiger partial charge on any atom is 0.336 e. The Balaban J connectivity index is 1.40. The highest BCUT2D eigenvalue weighted by molar-refractivity contribution is 5.92. The molecule has 0 amide bonds. The number of nitrogens with one attached hydrogen (secondary N) is 1. The molecular weight excluding hydrogens is 500 g/mol. The lowest BCUT2D eigenvalue weighted by Crippen LogP contribution is -2.46. The van der Waals surface area contributed by atoms with Crippen molar-refractivity contribution >= 4 is 11.7 Å². The van der Waals surface area contributed by atoms with Gasteiger partial charge in [-0.25, -0.2) is 4.79 Å². The third-order valence-electron chi connectivity index (χ3n) is 7.23. The fourth-order valence-corrected chi connectivity index (χ4v) is 5.33. The monoisotopic (exact) mass is 536 g/mol. The minimum Gasteiger partial charge on any atom is -0.495 e. The summed E-state index contributed by atoms with van der Waals surface area (Å²) in [6.45, 7) is 8.38. The van der Waals surface area contributed by atoms with Gasteiger partial charge in [0.25, 0.3) is 5.70 Å². The lowest BCUT2D eigenvalue weighted by Gasteiger charge is -2.36. The zero-order valence-corrected chi connectivity index (χ0v) is 22.9. The van der Waals surface area contributed by atoms with Gasteiger partial charge in [-0.05, 0) is 38.5 Å². The summed E-state index contributed by atoms with van der Waals surface area (Å²) in [6.07, 6.45) is 0.797. The maximum atomic E-state index is 12.7. The first-order valence-corrected chi connectivity index (χ1v) is 13.1. The van der Waals surface area contributed by atoms with Crippen molar-refractivity contribution in [2.24, 2.45) is 0 Å². The number of hydrogen-bond donors (Lipinski definition) is 1. The first-order valence-electron chi connectivity index (χ1n) is 13.1. The molecule has 4 rings (SSSR count). The normalized spacial score (nSPS) is 18.1. The number of carbonyl (C=O) groups excluding carboxylic acids is 1. The fraction of sp³-hybridized carbons (Fsp3) is 0.414. The number of hydrogen-bond acceptors (Lipinski definition) is 9. The zero-order valence-electron chi connectivity index (χ0n) is 22.9. The van der Waals surface area contributed by atoms with Crippen molar-refractivity contribution in [3.63, 3.8) is 0 Å². The second-order valence-corrected chi connectivity index (χ2v) is 9.60. The van der Waals surface area contributed by atoms with Gasteiger partial charge in [-0.1, -0.05) is 30.3 Å². The van der Waals surface area contributed by atoms with E-state index in [1.165, 1.54) is 7.11 Å². The number of nitro groups is 1. The van der Waals surface area contributed by atoms with E-state index in [0.29, 0.717) is 29.3 Å². The summed E-state index contributed by atoms with van der Waals surface area (Å²) in [4.78, 5) is 29.1. The number of rotatable bonds is 10. The molecule has 208 valence electrons. The van der Waals surface area contributed by atoms with Crippen LogP contribution in [0, 0.1) is 10.1 Å². The lowest BCUT2D eigenvalue weighted by molar-refractivity contribution is -0.431. The molecule has 1 unspecified atom stereocenters. The number of piperazine rings is 1. The number of para-hydroxylation sites is 3. The van der Waals surface area contributed by atoms with E-state index in [4.69, 9.17) is 14.2 Å². The summed E-state index contributed by atoms with van der Waals surface area (Å²) in [5.74, 6) is -0.115. The van der Waals surface area contributed by atoms with Crippen LogP contribution >= 0.6 is 0 Å². The number of ether oxygens (including phenoxy) is 3. The summed E-state index contributed by atoms with van der Waals surface area (Å²) in [5.41, 5.74) is 2.71. The standard InChI is InChI=1S/C29H36N4O6/c1-20-26(29(34)38-4)27(28(33(35)36)21(2)30-20)22-10-5-7-12-24(22)39-19-9-14-31-15-17-32(18-16-31)23-11-6-8-13-25(23)37-3/h5-8,10-13,27,30H,9,14-19H2,1-4H3. The molecule has 0 aromatic heterocycles. The van der Waals surface area contributed by atoms with Gasteiger partial charge in [0.1, 0.15) is 17.4 Å². The molecule has 0 bridgehead atoms. The Hall–Kier alpha value is -4.05. The summed E-state index contributed by atoms with van der Waals surface area (Å²) in [6, 6.07) is 15.3. The molecule has 2 aliphatic heterocycles. The SMILES string of the molecule is COC(=O)C1=C(C)NC(C)=C([N+](=O)[O-])C1c1ccccc1OCCCN1CCN(c2ccccc2OC)CC1. The molecule has 10 nitrogen and oxygen atoms in total. The van der Waals surface area contributed by atoms with Crippen LogP contribution in [0.5, 0.6) is 11.5 Å². The molecule has 1 saturated heterocycles. The zero-order chi connectivity index (χ0) is 27.9. The minimum atomic E-state index is -0.909. The number of benzene rings is 2. The number of anilines is 1. The van der Waals surface area contributed by atoms with Crippen molar-refractivity contribution in [2.45, 2.75) is 26.2 Å². The van der Waals surface area contributed by atoms with Gasteiger partial charge in [0.05, 0.1) is 42.7 Å². The molecule has 2 aromatic carbocycles. The van der Waals surface area contributed by atoms with E-state index in [1.54, 1.807) is 39.2 Å². The highest BCUT2D eigenvalue weighted by Crippen LogP contribution is 2.42. The van der Waals surface area contributed by atoms with Crippen LogP contribution in [0.1, 0.15) is 31.7 Å². The van der Waals surface area contributed by atoms with Crippen molar-refractivity contribution in [1.82, 2.24) is 10.2 Å². The predicted octanol–water partition coefficient (Wildman–Crippen LogP) is 3.93. The number of esters is 1. The Morgan fingerprint density at radius 3 is 2.33 bits per heavy atom. The predicted molar refractivity (Wildman–Crippen MR) is 148 cm³/mol. The molecule has 1 fully saturated rings. The molecule has 2 aliphatic rings. The van der Waals surface area contributed by atoms with Gasteiger partial charge in [0.2, 0.25) is 0 Å². The van der Waals surface area contributed by atoms with Crippen molar-refractivity contribution in [3.8, 4) is 11.5 Å². The Morgan fingerprint density at radius 2 is 1.67 bits per heavy atom. The largest absolute Gasteiger partial charge is 0.495 e. The number of carbonyl (C=O) groups is 1. The van der Waals surface area contributed by atoms with E-state index in [-0.39, 0.29) is 11.3 Å². The summed E-state index contributed by atoms with van der Waals surface area (Å²) < 4.78 is 16.7. The molecule has 10 heteroatoms. The second kappa shape index (κ2) is 12.7. The van der Waals surface area contributed by atoms with Crippen LogP contribution < -0.4 is 19.7 Å². The van der Waals surface area contributed by atoms with E-state index in [1.807, 2.05) is 24.3 Å². The molecule has 0 saturated carbocycles. The van der Waals surface area contributed by atoms with Gasteiger partial charge >= 0.3 is 5.97 Å². The Labute approximate surface area is 229 Å². The second-order valence-electron chi connectivity index (χ2n) is 9.60. The van der Waals surface area contributed by atoms with E-state index >= 15 is 0 Å². The average molecular weight is 537 g/mol. The van der Waals surface area contributed by atoms with Gasteiger partial charge in [-0.2, -0.15) is 0 Å². The van der Waals surface area contributed by atoms with Crippen LogP contribution in [0.2, 0.25) is 0 Å². The van der Waals surface area contributed by atoms with Gasteiger partial charge in [0.15, 0.2) is 0 Å². The molecule has 1 atom stereocenters. The highest BCUT2D eigenvalue weighted by Gasteiger charge is 2.42. The van der Waals surface area contributed by atoms with Crippen LogP contribution in [0.15, 0.2) is 71.2 Å². The van der Waals surface area contributed by atoms with Crippen LogP contribution in [0.3, 0.4) is 0 Å². The van der Waals surface area contributed by atoms with E-state index in [0.717, 1.165) is 50.6 Å². The van der Waals surface area contributed by atoms with E-state index in [2.05, 4.69) is 21.2 Å². The fourth-order valence-electron chi connectivity index (χ4n) is 5.33.